The number of benzene rings is 1. The molecule has 0 amide bonds. The third-order valence-electron chi connectivity index (χ3n) is 5.41. The van der Waals surface area contributed by atoms with Crippen LogP contribution in [0.1, 0.15) is 5.56 Å². The van der Waals surface area contributed by atoms with Crippen LogP contribution in [0.15, 0.2) is 77.7 Å². The number of pyridine rings is 1. The van der Waals surface area contributed by atoms with Gasteiger partial charge in [-0.2, -0.15) is 18.3 Å². The quantitative estimate of drug-likeness (QED) is 0.694. The SMILES string of the molecule is OC(C1=CNC2N=CC=CC12)(c1cnc2c(cnn2-c2ccccc2)c1)C(F)(F)F. The van der Waals surface area contributed by atoms with Crippen LogP contribution in [-0.2, 0) is 5.60 Å². The Balaban J connectivity index is 1.63. The van der Waals surface area contributed by atoms with Crippen molar-refractivity contribution < 1.29 is 18.3 Å². The van der Waals surface area contributed by atoms with Crippen molar-refractivity contribution in [3.8, 4) is 5.69 Å². The van der Waals surface area contributed by atoms with Gasteiger partial charge in [0.1, 0.15) is 6.17 Å². The Bertz CT molecular complexity index is 1200. The smallest absolute Gasteiger partial charge is 0.372 e. The van der Waals surface area contributed by atoms with Gasteiger partial charge in [-0.15, -0.1) is 0 Å². The van der Waals surface area contributed by atoms with Gasteiger partial charge in [0.2, 0.25) is 5.60 Å². The molecule has 0 bridgehead atoms. The van der Waals surface area contributed by atoms with Crippen LogP contribution in [0.5, 0.6) is 0 Å². The first-order valence-electron chi connectivity index (χ1n) is 9.25. The molecule has 3 unspecified atom stereocenters. The normalized spacial score (nSPS) is 22.5. The second-order valence-electron chi connectivity index (χ2n) is 7.16. The van der Waals surface area contributed by atoms with Crippen molar-refractivity contribution in [2.45, 2.75) is 17.9 Å². The number of aliphatic hydroxyl groups is 1. The number of aliphatic imine (C=N–C) groups is 1. The summed E-state index contributed by atoms with van der Waals surface area (Å²) in [4.78, 5) is 8.35. The minimum atomic E-state index is -4.96. The fourth-order valence-electron chi connectivity index (χ4n) is 3.92. The summed E-state index contributed by atoms with van der Waals surface area (Å²) in [7, 11) is 0. The van der Waals surface area contributed by atoms with E-state index in [1.54, 1.807) is 12.2 Å². The number of aromatic nitrogens is 3. The van der Waals surface area contributed by atoms with E-state index >= 15 is 0 Å². The summed E-state index contributed by atoms with van der Waals surface area (Å²) in [6, 6.07) is 10.4. The van der Waals surface area contributed by atoms with Gasteiger partial charge >= 0.3 is 6.18 Å². The topological polar surface area (TPSA) is 75.3 Å². The van der Waals surface area contributed by atoms with Crippen molar-refractivity contribution in [3.63, 3.8) is 0 Å². The number of hydrogen-bond acceptors (Lipinski definition) is 5. The molecule has 1 aromatic carbocycles. The van der Waals surface area contributed by atoms with E-state index in [4.69, 9.17) is 0 Å². The molecule has 0 aliphatic carbocycles. The fourth-order valence-corrected chi connectivity index (χ4v) is 3.92. The predicted octanol–water partition coefficient (Wildman–Crippen LogP) is 3.24. The molecule has 2 aliphatic rings. The van der Waals surface area contributed by atoms with Gasteiger partial charge in [0.25, 0.3) is 0 Å². The lowest BCUT2D eigenvalue weighted by Gasteiger charge is -2.34. The molecule has 5 rings (SSSR count). The number of nitrogens with one attached hydrogen (secondary N) is 1. The number of fused-ring (bicyclic) bond motifs is 2. The van der Waals surface area contributed by atoms with E-state index in [-0.39, 0.29) is 11.1 Å². The zero-order valence-electron chi connectivity index (χ0n) is 15.5. The van der Waals surface area contributed by atoms with Crippen molar-refractivity contribution >= 4 is 17.2 Å². The first-order valence-corrected chi connectivity index (χ1v) is 9.25. The molecule has 9 heteroatoms. The Labute approximate surface area is 169 Å². The molecule has 2 N–H and O–H groups in total. The molecule has 2 aromatic heterocycles. The van der Waals surface area contributed by atoms with Crippen molar-refractivity contribution in [2.75, 3.05) is 0 Å². The summed E-state index contributed by atoms with van der Waals surface area (Å²) in [5.74, 6) is -0.718. The largest absolute Gasteiger partial charge is 0.425 e. The molecule has 6 nitrogen and oxygen atoms in total. The lowest BCUT2D eigenvalue weighted by atomic mass is 9.79. The zero-order chi connectivity index (χ0) is 20.9. The van der Waals surface area contributed by atoms with Crippen LogP contribution in [0, 0.1) is 5.92 Å². The number of hydrogen-bond donors (Lipinski definition) is 2. The third-order valence-corrected chi connectivity index (χ3v) is 5.41. The summed E-state index contributed by atoms with van der Waals surface area (Å²) >= 11 is 0. The van der Waals surface area contributed by atoms with Gasteiger partial charge in [0.15, 0.2) is 5.65 Å². The maximum absolute atomic E-state index is 14.2. The van der Waals surface area contributed by atoms with Crippen LogP contribution in [0.4, 0.5) is 13.2 Å². The maximum atomic E-state index is 14.2. The average molecular weight is 411 g/mol. The molecule has 0 saturated heterocycles. The number of alkyl halides is 3. The molecule has 0 fully saturated rings. The second-order valence-corrected chi connectivity index (χ2v) is 7.16. The van der Waals surface area contributed by atoms with Crippen LogP contribution in [0.25, 0.3) is 16.7 Å². The molecule has 3 atom stereocenters. The maximum Gasteiger partial charge on any atom is 0.425 e. The first kappa shape index (κ1) is 18.6. The van der Waals surface area contributed by atoms with Gasteiger partial charge in [-0.1, -0.05) is 24.3 Å². The highest BCUT2D eigenvalue weighted by atomic mass is 19.4. The van der Waals surface area contributed by atoms with E-state index in [1.165, 1.54) is 29.4 Å². The van der Waals surface area contributed by atoms with Gasteiger partial charge in [0, 0.05) is 41.1 Å². The number of dihydropyridines is 1. The summed E-state index contributed by atoms with van der Waals surface area (Å²) in [5.41, 5.74) is -2.67. The molecule has 152 valence electrons. The number of halogens is 3. The van der Waals surface area contributed by atoms with Gasteiger partial charge in [0.05, 0.1) is 11.9 Å². The van der Waals surface area contributed by atoms with Gasteiger partial charge in [-0.3, -0.25) is 4.99 Å². The molecular formula is C21H16F3N5O. The predicted molar refractivity (Wildman–Crippen MR) is 105 cm³/mol. The van der Waals surface area contributed by atoms with Crippen molar-refractivity contribution in [2.24, 2.45) is 10.9 Å². The molecule has 0 spiro atoms. The summed E-state index contributed by atoms with van der Waals surface area (Å²) < 4.78 is 44.3. The van der Waals surface area contributed by atoms with Crippen LogP contribution < -0.4 is 5.32 Å². The Morgan fingerprint density at radius 1 is 1.10 bits per heavy atom. The second kappa shape index (κ2) is 6.53. The molecule has 0 radical (unpaired) electrons. The Morgan fingerprint density at radius 2 is 1.90 bits per heavy atom. The summed E-state index contributed by atoms with van der Waals surface area (Å²) in [5, 5.41) is 18.5. The van der Waals surface area contributed by atoms with E-state index in [0.29, 0.717) is 11.0 Å². The number of nitrogens with zero attached hydrogens (tertiary/aromatic N) is 4. The average Bonchev–Trinajstić information content (AvgIpc) is 3.37. The van der Waals surface area contributed by atoms with Crippen LogP contribution in [0.2, 0.25) is 0 Å². The zero-order valence-corrected chi connectivity index (χ0v) is 15.5. The minimum absolute atomic E-state index is 0.218. The van der Waals surface area contributed by atoms with E-state index < -0.39 is 23.9 Å². The lowest BCUT2D eigenvalue weighted by Crippen LogP contribution is -2.46. The molecule has 3 aromatic rings. The minimum Gasteiger partial charge on any atom is -0.372 e. The Morgan fingerprint density at radius 3 is 2.67 bits per heavy atom. The van der Waals surface area contributed by atoms with Crippen LogP contribution in [-0.4, -0.2) is 38.4 Å². The van der Waals surface area contributed by atoms with E-state index in [0.717, 1.165) is 11.9 Å². The van der Waals surface area contributed by atoms with E-state index in [2.05, 4.69) is 20.4 Å². The van der Waals surface area contributed by atoms with Crippen molar-refractivity contribution in [3.05, 3.63) is 78.3 Å². The van der Waals surface area contributed by atoms with Crippen molar-refractivity contribution in [1.82, 2.24) is 20.1 Å². The van der Waals surface area contributed by atoms with E-state index in [1.807, 2.05) is 30.3 Å². The van der Waals surface area contributed by atoms with Gasteiger partial charge in [-0.25, -0.2) is 9.67 Å². The number of para-hydroxylation sites is 1. The molecular weight excluding hydrogens is 395 g/mol. The van der Waals surface area contributed by atoms with E-state index in [9.17, 15) is 18.3 Å². The highest BCUT2D eigenvalue weighted by Gasteiger charge is 2.60. The number of rotatable bonds is 3. The van der Waals surface area contributed by atoms with Crippen LogP contribution in [0.3, 0.4) is 0 Å². The molecule has 0 saturated carbocycles. The lowest BCUT2D eigenvalue weighted by molar-refractivity contribution is -0.251. The summed E-state index contributed by atoms with van der Waals surface area (Å²) in [6.45, 7) is 0. The summed E-state index contributed by atoms with van der Waals surface area (Å²) in [6.07, 6.45) is 2.84. The van der Waals surface area contributed by atoms with Crippen molar-refractivity contribution in [1.29, 1.82) is 0 Å². The molecule has 30 heavy (non-hydrogen) atoms. The first-order chi connectivity index (χ1) is 14.4. The molecule has 4 heterocycles. The van der Waals surface area contributed by atoms with Crippen LogP contribution >= 0.6 is 0 Å². The monoisotopic (exact) mass is 411 g/mol. The highest BCUT2D eigenvalue weighted by molar-refractivity contribution is 5.77. The molecule has 2 aliphatic heterocycles. The third kappa shape index (κ3) is 2.66. The Hall–Kier alpha value is -3.46. The highest BCUT2D eigenvalue weighted by Crippen LogP contribution is 2.49. The standard InChI is InChI=1S/C21H16F3N5O/c22-21(23,24)20(30,17-12-26-18-16(17)7-4-8-25-18)14-9-13-10-28-29(19(13)27-11-14)15-5-2-1-3-6-15/h1-12,16,18,26,30H. The Kier molecular flexibility index (Phi) is 4.04. The van der Waals surface area contributed by atoms with Gasteiger partial charge < -0.3 is 10.4 Å². The van der Waals surface area contributed by atoms with Gasteiger partial charge in [-0.05, 0) is 24.3 Å². The number of allylic oxidation sites excluding steroid dienone is 1. The fraction of sp³-hybridized carbons (Fsp3) is 0.190.